The first kappa shape index (κ1) is 12.0. The van der Waals surface area contributed by atoms with Gasteiger partial charge in [0.1, 0.15) is 5.75 Å². The molecule has 2 aromatic rings. The van der Waals surface area contributed by atoms with Gasteiger partial charge >= 0.3 is 0 Å². The molecule has 0 aliphatic heterocycles. The van der Waals surface area contributed by atoms with Gasteiger partial charge in [-0.3, -0.25) is 10.4 Å². The van der Waals surface area contributed by atoms with Gasteiger partial charge in [0.25, 0.3) is 0 Å². The number of hydrazine groups is 1. The lowest BCUT2D eigenvalue weighted by Gasteiger charge is -2.07. The van der Waals surface area contributed by atoms with Crippen LogP contribution in [0, 0.1) is 0 Å². The van der Waals surface area contributed by atoms with Crippen molar-refractivity contribution in [3.8, 4) is 11.6 Å². The van der Waals surface area contributed by atoms with Crippen LogP contribution in [0.2, 0.25) is 5.02 Å². The van der Waals surface area contributed by atoms with Crippen molar-refractivity contribution in [1.29, 1.82) is 0 Å². The average Bonchev–Trinajstić information content (AvgIpc) is 2.32. The summed E-state index contributed by atoms with van der Waals surface area (Å²) in [7, 11) is 0. The molecule has 0 amide bonds. The van der Waals surface area contributed by atoms with Crippen LogP contribution in [0.4, 0.5) is 5.95 Å². The first-order chi connectivity index (χ1) is 8.19. The second-order valence-corrected chi connectivity index (χ2v) is 4.22. The van der Waals surface area contributed by atoms with E-state index in [1.165, 1.54) is 18.6 Å². The lowest BCUT2D eigenvalue weighted by Crippen LogP contribution is -2.10. The van der Waals surface area contributed by atoms with Crippen molar-refractivity contribution in [1.82, 2.24) is 15.0 Å². The molecule has 0 radical (unpaired) electrons. The zero-order chi connectivity index (χ0) is 12.3. The van der Waals surface area contributed by atoms with E-state index >= 15 is 0 Å². The molecular formula is C9H7BrClN5O. The van der Waals surface area contributed by atoms with Crippen molar-refractivity contribution < 1.29 is 4.74 Å². The Morgan fingerprint density at radius 2 is 2.18 bits per heavy atom. The van der Waals surface area contributed by atoms with Crippen LogP contribution in [0.25, 0.3) is 0 Å². The highest BCUT2D eigenvalue weighted by Gasteiger charge is 2.07. The minimum absolute atomic E-state index is 0.248. The van der Waals surface area contributed by atoms with E-state index in [0.717, 1.165) is 0 Å². The molecule has 0 unspecified atom stereocenters. The summed E-state index contributed by atoms with van der Waals surface area (Å²) < 4.78 is 6.09. The summed E-state index contributed by atoms with van der Waals surface area (Å²) in [4.78, 5) is 11.8. The molecule has 17 heavy (non-hydrogen) atoms. The van der Waals surface area contributed by atoms with Gasteiger partial charge in [-0.05, 0) is 15.9 Å². The molecular weight excluding hydrogens is 309 g/mol. The van der Waals surface area contributed by atoms with Gasteiger partial charge in [-0.1, -0.05) is 11.6 Å². The molecule has 0 aliphatic rings. The number of rotatable bonds is 3. The monoisotopic (exact) mass is 315 g/mol. The summed E-state index contributed by atoms with van der Waals surface area (Å²) in [6.45, 7) is 0. The molecule has 0 atom stereocenters. The molecule has 2 heterocycles. The van der Waals surface area contributed by atoms with Crippen LogP contribution < -0.4 is 16.0 Å². The molecule has 88 valence electrons. The van der Waals surface area contributed by atoms with Gasteiger partial charge in [-0.25, -0.2) is 10.8 Å². The van der Waals surface area contributed by atoms with E-state index in [2.05, 4.69) is 36.3 Å². The van der Waals surface area contributed by atoms with Crippen molar-refractivity contribution >= 4 is 33.5 Å². The molecule has 8 heteroatoms. The topological polar surface area (TPSA) is 86.0 Å². The summed E-state index contributed by atoms with van der Waals surface area (Å²) in [6, 6.07) is 1.62. The number of pyridine rings is 1. The molecule has 0 saturated heterocycles. The Bertz CT molecular complexity index is 539. The van der Waals surface area contributed by atoms with Gasteiger partial charge in [0.15, 0.2) is 0 Å². The highest BCUT2D eigenvalue weighted by Crippen LogP contribution is 2.28. The Hall–Kier alpha value is -1.44. The number of hydrogen-bond acceptors (Lipinski definition) is 6. The summed E-state index contributed by atoms with van der Waals surface area (Å²) in [6.07, 6.45) is 4.56. The lowest BCUT2D eigenvalue weighted by molar-refractivity contribution is 0.457. The quantitative estimate of drug-likeness (QED) is 0.668. The summed E-state index contributed by atoms with van der Waals surface area (Å²) in [5.74, 6) is 6.24. The predicted octanol–water partition coefficient (Wildman–Crippen LogP) is 2.37. The zero-order valence-electron chi connectivity index (χ0n) is 8.39. The van der Waals surface area contributed by atoms with E-state index in [4.69, 9.17) is 22.2 Å². The van der Waals surface area contributed by atoms with Crippen molar-refractivity contribution in [2.24, 2.45) is 5.84 Å². The molecule has 0 aliphatic carbocycles. The average molecular weight is 317 g/mol. The number of anilines is 1. The Kier molecular flexibility index (Phi) is 3.72. The maximum Gasteiger partial charge on any atom is 0.240 e. The van der Waals surface area contributed by atoms with Gasteiger partial charge in [-0.2, -0.15) is 4.98 Å². The fourth-order valence-electron chi connectivity index (χ4n) is 1.05. The van der Waals surface area contributed by atoms with Crippen molar-refractivity contribution in [3.05, 3.63) is 34.2 Å². The van der Waals surface area contributed by atoms with Crippen LogP contribution in [-0.4, -0.2) is 15.0 Å². The third-order valence-electron chi connectivity index (χ3n) is 1.74. The summed E-state index contributed by atoms with van der Waals surface area (Å²) >= 11 is 9.05. The molecule has 0 fully saturated rings. The second kappa shape index (κ2) is 5.26. The Morgan fingerprint density at radius 1 is 1.35 bits per heavy atom. The van der Waals surface area contributed by atoms with Crippen molar-refractivity contribution in [3.63, 3.8) is 0 Å². The number of nitrogens with two attached hydrogens (primary N) is 1. The number of nitrogens with zero attached hydrogens (tertiary/aromatic N) is 3. The van der Waals surface area contributed by atoms with E-state index in [1.54, 1.807) is 6.07 Å². The lowest BCUT2D eigenvalue weighted by atomic mass is 10.4. The van der Waals surface area contributed by atoms with Crippen LogP contribution in [0.15, 0.2) is 29.1 Å². The first-order valence-electron chi connectivity index (χ1n) is 4.46. The van der Waals surface area contributed by atoms with Crippen LogP contribution in [0.5, 0.6) is 11.6 Å². The maximum atomic E-state index is 5.79. The molecule has 0 aromatic carbocycles. The molecule has 0 bridgehead atoms. The Labute approximate surface area is 110 Å². The van der Waals surface area contributed by atoms with Gasteiger partial charge < -0.3 is 4.74 Å². The molecule has 0 spiro atoms. The number of nitrogens with one attached hydrogen (secondary N) is 1. The normalized spacial score (nSPS) is 10.1. The number of nitrogen functional groups attached to an aromatic ring is 1. The van der Waals surface area contributed by atoms with Crippen LogP contribution in [-0.2, 0) is 0 Å². The Morgan fingerprint density at radius 3 is 2.88 bits per heavy atom. The third kappa shape index (κ3) is 3.02. The van der Waals surface area contributed by atoms with Gasteiger partial charge in [0, 0.05) is 12.3 Å². The smallest absolute Gasteiger partial charge is 0.240 e. The fraction of sp³-hybridized carbons (Fsp3) is 0. The van der Waals surface area contributed by atoms with E-state index in [0.29, 0.717) is 21.1 Å². The van der Waals surface area contributed by atoms with E-state index < -0.39 is 0 Å². The molecule has 3 N–H and O–H groups in total. The van der Waals surface area contributed by atoms with E-state index in [1.807, 2.05) is 0 Å². The first-order valence-corrected chi connectivity index (χ1v) is 5.63. The maximum absolute atomic E-state index is 5.79. The number of aromatic nitrogens is 3. The minimum Gasteiger partial charge on any atom is -0.436 e. The van der Waals surface area contributed by atoms with Crippen molar-refractivity contribution in [2.45, 2.75) is 0 Å². The zero-order valence-corrected chi connectivity index (χ0v) is 10.7. The fourth-order valence-corrected chi connectivity index (χ4v) is 1.49. The largest absolute Gasteiger partial charge is 0.436 e. The summed E-state index contributed by atoms with van der Waals surface area (Å²) in [5.41, 5.74) is 2.33. The standard InChI is InChI=1S/C9H7BrClN5O/c10-7-4-14-9(16-12)15-8(7)17-6-1-5(11)2-13-3-6/h1-4H,12H2,(H,14,15,16). The van der Waals surface area contributed by atoms with E-state index in [-0.39, 0.29) is 5.95 Å². The predicted molar refractivity (Wildman–Crippen MR) is 66.9 cm³/mol. The molecule has 0 saturated carbocycles. The number of halogens is 2. The second-order valence-electron chi connectivity index (χ2n) is 2.93. The SMILES string of the molecule is NNc1ncc(Br)c(Oc2cncc(Cl)c2)n1. The Balaban J connectivity index is 2.29. The van der Waals surface area contributed by atoms with Crippen LogP contribution >= 0.6 is 27.5 Å². The third-order valence-corrected chi connectivity index (χ3v) is 2.49. The molecule has 2 rings (SSSR count). The highest BCUT2D eigenvalue weighted by atomic mass is 79.9. The number of ether oxygens (including phenoxy) is 1. The van der Waals surface area contributed by atoms with Crippen molar-refractivity contribution in [2.75, 3.05) is 5.43 Å². The molecule has 6 nitrogen and oxygen atoms in total. The van der Waals surface area contributed by atoms with Crippen LogP contribution in [0.3, 0.4) is 0 Å². The highest BCUT2D eigenvalue weighted by molar-refractivity contribution is 9.10. The summed E-state index contributed by atoms with van der Waals surface area (Å²) in [5, 5.41) is 0.477. The minimum atomic E-state index is 0.248. The van der Waals surface area contributed by atoms with Gasteiger partial charge in [0.05, 0.1) is 21.9 Å². The van der Waals surface area contributed by atoms with Gasteiger partial charge in [0.2, 0.25) is 11.8 Å². The molecule has 2 aromatic heterocycles. The van der Waals surface area contributed by atoms with E-state index in [9.17, 15) is 0 Å². The van der Waals surface area contributed by atoms with Crippen LogP contribution in [0.1, 0.15) is 0 Å². The van der Waals surface area contributed by atoms with Gasteiger partial charge in [-0.15, -0.1) is 0 Å². The number of hydrogen-bond donors (Lipinski definition) is 2.